The van der Waals surface area contributed by atoms with Crippen molar-refractivity contribution in [3.8, 4) is 5.75 Å². The van der Waals surface area contributed by atoms with E-state index in [1.807, 2.05) is 13.0 Å². The quantitative estimate of drug-likeness (QED) is 0.513. The van der Waals surface area contributed by atoms with Crippen LogP contribution in [0.1, 0.15) is 41.6 Å². The first-order valence-electron chi connectivity index (χ1n) is 9.90. The maximum Gasteiger partial charge on any atom is 0.291 e. The van der Waals surface area contributed by atoms with Gasteiger partial charge < -0.3 is 4.74 Å². The summed E-state index contributed by atoms with van der Waals surface area (Å²) in [6.07, 6.45) is 4.69. The number of carbonyl (C=O) groups is 1. The Labute approximate surface area is 184 Å². The van der Waals surface area contributed by atoms with Gasteiger partial charge in [-0.1, -0.05) is 29.0 Å². The number of ether oxygens (including phenoxy) is 1. The summed E-state index contributed by atoms with van der Waals surface area (Å²) in [5.41, 5.74) is 1.79. The standard InChI is InChI=1S/C21H22N4O4S2/c1-14-5-4-6-15(13-14)19(26)22-20-23-24-21(30-20)31(27,28)25-16-9-11-18(12-10-16)29-17-7-2-3-8-17/h4-6,9-13,17,25H,2-3,7-8H2,1H3,(H,22,23,26). The lowest BCUT2D eigenvalue weighted by Gasteiger charge is -2.13. The van der Waals surface area contributed by atoms with Crippen LogP contribution in [0.4, 0.5) is 10.8 Å². The fourth-order valence-corrected chi connectivity index (χ4v) is 5.28. The zero-order valence-corrected chi connectivity index (χ0v) is 18.5. The van der Waals surface area contributed by atoms with Crippen molar-refractivity contribution < 1.29 is 17.9 Å². The molecule has 0 spiro atoms. The number of nitrogens with zero attached hydrogens (tertiary/aromatic N) is 2. The minimum atomic E-state index is -3.93. The molecule has 0 unspecified atom stereocenters. The summed E-state index contributed by atoms with van der Waals surface area (Å²) >= 11 is 0.781. The molecule has 162 valence electrons. The molecular formula is C21H22N4O4S2. The monoisotopic (exact) mass is 458 g/mol. The molecule has 2 N–H and O–H groups in total. The molecule has 8 nitrogen and oxygen atoms in total. The van der Waals surface area contributed by atoms with Gasteiger partial charge in [0.2, 0.25) is 5.13 Å². The van der Waals surface area contributed by atoms with E-state index in [4.69, 9.17) is 4.74 Å². The van der Waals surface area contributed by atoms with Gasteiger partial charge in [0.25, 0.3) is 20.3 Å². The summed E-state index contributed by atoms with van der Waals surface area (Å²) in [5, 5.41) is 10.2. The molecule has 0 atom stereocenters. The SMILES string of the molecule is Cc1cccc(C(=O)Nc2nnc(S(=O)(=O)Nc3ccc(OC4CCCC4)cc3)s2)c1. The molecule has 1 amide bonds. The Bertz CT molecular complexity index is 1170. The Hall–Kier alpha value is -2.98. The summed E-state index contributed by atoms with van der Waals surface area (Å²) in [5.74, 6) is 0.335. The van der Waals surface area contributed by atoms with Crippen molar-refractivity contribution in [2.45, 2.75) is 43.1 Å². The van der Waals surface area contributed by atoms with Crippen LogP contribution in [0.3, 0.4) is 0 Å². The third kappa shape index (κ3) is 5.39. The van der Waals surface area contributed by atoms with E-state index < -0.39 is 10.0 Å². The molecule has 1 aliphatic carbocycles. The fourth-order valence-electron chi connectivity index (χ4n) is 3.32. The largest absolute Gasteiger partial charge is 0.490 e. The molecule has 0 aliphatic heterocycles. The van der Waals surface area contributed by atoms with Crippen LogP contribution in [0.15, 0.2) is 52.9 Å². The van der Waals surface area contributed by atoms with E-state index in [9.17, 15) is 13.2 Å². The molecule has 10 heteroatoms. The van der Waals surface area contributed by atoms with Gasteiger partial charge in [-0.25, -0.2) is 0 Å². The highest BCUT2D eigenvalue weighted by Crippen LogP contribution is 2.27. The minimum absolute atomic E-state index is 0.104. The minimum Gasteiger partial charge on any atom is -0.490 e. The number of aromatic nitrogens is 2. The second-order valence-corrected chi connectivity index (χ2v) is 10.2. The third-order valence-electron chi connectivity index (χ3n) is 4.85. The van der Waals surface area contributed by atoms with Crippen molar-refractivity contribution in [3.05, 3.63) is 59.7 Å². The first-order valence-corrected chi connectivity index (χ1v) is 12.2. The molecule has 0 bridgehead atoms. The van der Waals surface area contributed by atoms with E-state index in [0.717, 1.165) is 29.7 Å². The van der Waals surface area contributed by atoms with Crippen molar-refractivity contribution in [1.82, 2.24) is 10.2 Å². The van der Waals surface area contributed by atoms with E-state index in [1.54, 1.807) is 42.5 Å². The Balaban J connectivity index is 1.39. The third-order valence-corrected chi connectivity index (χ3v) is 7.44. The lowest BCUT2D eigenvalue weighted by Crippen LogP contribution is -2.13. The number of aryl methyl sites for hydroxylation is 1. The summed E-state index contributed by atoms with van der Waals surface area (Å²) in [6.45, 7) is 1.88. The average molecular weight is 459 g/mol. The van der Waals surface area contributed by atoms with Gasteiger partial charge in [-0.15, -0.1) is 10.2 Å². The summed E-state index contributed by atoms with van der Waals surface area (Å²) in [4.78, 5) is 12.3. The van der Waals surface area contributed by atoms with Crippen LogP contribution in [0.25, 0.3) is 0 Å². The lowest BCUT2D eigenvalue weighted by atomic mass is 10.1. The van der Waals surface area contributed by atoms with Gasteiger partial charge in [0.1, 0.15) is 5.75 Å². The number of benzene rings is 2. The first kappa shape index (κ1) is 21.3. The lowest BCUT2D eigenvalue weighted by molar-refractivity contribution is 0.102. The number of hydrogen-bond donors (Lipinski definition) is 2. The number of anilines is 2. The highest BCUT2D eigenvalue weighted by atomic mass is 32.2. The normalized spacial score (nSPS) is 14.4. The van der Waals surface area contributed by atoms with Gasteiger partial charge in [-0.05, 0) is 69.0 Å². The van der Waals surface area contributed by atoms with Gasteiger partial charge in [-0.3, -0.25) is 14.8 Å². The fraction of sp³-hybridized carbons (Fsp3) is 0.286. The Morgan fingerprint density at radius 2 is 1.84 bits per heavy atom. The molecule has 1 fully saturated rings. The number of rotatable bonds is 7. The van der Waals surface area contributed by atoms with Crippen LogP contribution in [0.2, 0.25) is 0 Å². The Kier molecular flexibility index (Phi) is 6.19. The number of carbonyl (C=O) groups excluding carboxylic acids is 1. The zero-order valence-electron chi connectivity index (χ0n) is 16.9. The summed E-state index contributed by atoms with van der Waals surface area (Å²) in [6, 6.07) is 13.8. The maximum atomic E-state index is 12.6. The molecule has 1 heterocycles. The van der Waals surface area contributed by atoms with Gasteiger partial charge >= 0.3 is 0 Å². The number of amides is 1. The van der Waals surface area contributed by atoms with Crippen molar-refractivity contribution in [1.29, 1.82) is 0 Å². The van der Waals surface area contributed by atoms with Crippen LogP contribution in [-0.2, 0) is 10.0 Å². The molecule has 4 rings (SSSR count). The number of sulfonamides is 1. The number of hydrogen-bond acceptors (Lipinski definition) is 7. The van der Waals surface area contributed by atoms with Gasteiger partial charge in [-0.2, -0.15) is 8.42 Å². The molecular weight excluding hydrogens is 436 g/mol. The first-order chi connectivity index (χ1) is 14.9. The predicted octanol–water partition coefficient (Wildman–Crippen LogP) is 4.22. The zero-order chi connectivity index (χ0) is 21.8. The topological polar surface area (TPSA) is 110 Å². The van der Waals surface area contributed by atoms with Gasteiger partial charge in [0.15, 0.2) is 0 Å². The Morgan fingerprint density at radius 3 is 2.55 bits per heavy atom. The van der Waals surface area contributed by atoms with Crippen LogP contribution >= 0.6 is 11.3 Å². The molecule has 1 saturated carbocycles. The van der Waals surface area contributed by atoms with Gasteiger partial charge in [0, 0.05) is 11.3 Å². The van der Waals surface area contributed by atoms with E-state index in [0.29, 0.717) is 17.0 Å². The molecule has 0 saturated heterocycles. The second kappa shape index (κ2) is 9.03. The molecule has 31 heavy (non-hydrogen) atoms. The van der Waals surface area contributed by atoms with Crippen molar-refractivity contribution >= 4 is 38.1 Å². The smallest absolute Gasteiger partial charge is 0.291 e. The van der Waals surface area contributed by atoms with Crippen molar-refractivity contribution in [2.24, 2.45) is 0 Å². The molecule has 1 aliphatic rings. The molecule has 2 aromatic carbocycles. The van der Waals surface area contributed by atoms with Crippen molar-refractivity contribution in [2.75, 3.05) is 10.0 Å². The van der Waals surface area contributed by atoms with Gasteiger partial charge in [0.05, 0.1) is 6.10 Å². The van der Waals surface area contributed by atoms with Crippen LogP contribution in [0.5, 0.6) is 5.75 Å². The highest BCUT2D eigenvalue weighted by molar-refractivity contribution is 7.94. The molecule has 0 radical (unpaired) electrons. The van der Waals surface area contributed by atoms with Crippen molar-refractivity contribution in [3.63, 3.8) is 0 Å². The van der Waals surface area contributed by atoms with Crippen LogP contribution < -0.4 is 14.8 Å². The molecule has 3 aromatic rings. The summed E-state index contributed by atoms with van der Waals surface area (Å²) < 4.78 is 33.4. The number of nitrogens with one attached hydrogen (secondary N) is 2. The van der Waals surface area contributed by atoms with E-state index in [2.05, 4.69) is 20.2 Å². The van der Waals surface area contributed by atoms with E-state index in [1.165, 1.54) is 12.8 Å². The predicted molar refractivity (Wildman–Crippen MR) is 119 cm³/mol. The second-order valence-electron chi connectivity index (χ2n) is 7.35. The van der Waals surface area contributed by atoms with Crippen LogP contribution in [-0.4, -0.2) is 30.6 Å². The maximum absolute atomic E-state index is 12.6. The summed E-state index contributed by atoms with van der Waals surface area (Å²) in [7, 11) is -3.93. The highest BCUT2D eigenvalue weighted by Gasteiger charge is 2.22. The average Bonchev–Trinajstić information content (AvgIpc) is 3.42. The van der Waals surface area contributed by atoms with E-state index >= 15 is 0 Å². The Morgan fingerprint density at radius 1 is 1.10 bits per heavy atom. The molecule has 1 aromatic heterocycles. The van der Waals surface area contributed by atoms with E-state index in [-0.39, 0.29) is 21.5 Å². The van der Waals surface area contributed by atoms with Crippen LogP contribution in [0, 0.1) is 6.92 Å².